The van der Waals surface area contributed by atoms with Crippen LogP contribution in [0.2, 0.25) is 0 Å². The molecule has 0 bridgehead atoms. The van der Waals surface area contributed by atoms with Crippen LogP contribution in [-0.4, -0.2) is 34.7 Å². The minimum absolute atomic E-state index is 0.132. The number of aromatic amines is 1. The highest BCUT2D eigenvalue weighted by Crippen LogP contribution is 2.14. The van der Waals surface area contributed by atoms with Gasteiger partial charge in [0, 0.05) is 11.1 Å². The minimum atomic E-state index is -0.901. The van der Waals surface area contributed by atoms with Gasteiger partial charge in [-0.2, -0.15) is 5.10 Å². The van der Waals surface area contributed by atoms with E-state index in [-0.39, 0.29) is 11.1 Å². The van der Waals surface area contributed by atoms with Crippen molar-refractivity contribution >= 4 is 34.4 Å². The summed E-state index contributed by atoms with van der Waals surface area (Å²) in [5.41, 5.74) is 2.01. The average molecular weight is 394 g/mol. The third-order valence-electron chi connectivity index (χ3n) is 4.24. The molecule has 0 saturated carbocycles. The average Bonchev–Trinajstić information content (AvgIpc) is 2.69. The number of imide groups is 1. The summed E-state index contributed by atoms with van der Waals surface area (Å²) >= 11 is 0. The number of aromatic nitrogens is 2. The molecule has 148 valence electrons. The van der Waals surface area contributed by atoms with Gasteiger partial charge >= 0.3 is 12.0 Å². The van der Waals surface area contributed by atoms with Crippen molar-refractivity contribution in [1.82, 2.24) is 15.5 Å². The lowest BCUT2D eigenvalue weighted by atomic mass is 10.1. The molecule has 0 aliphatic carbocycles. The van der Waals surface area contributed by atoms with Crippen molar-refractivity contribution in [2.75, 3.05) is 11.9 Å². The first-order valence-electron chi connectivity index (χ1n) is 8.68. The lowest BCUT2D eigenvalue weighted by molar-refractivity contribution is -0.123. The van der Waals surface area contributed by atoms with E-state index in [2.05, 4.69) is 20.8 Å². The van der Waals surface area contributed by atoms with Gasteiger partial charge in [0.15, 0.2) is 12.3 Å². The molecule has 0 spiro atoms. The van der Waals surface area contributed by atoms with E-state index >= 15 is 0 Å². The molecule has 0 radical (unpaired) electrons. The third-order valence-corrected chi connectivity index (χ3v) is 4.24. The SMILES string of the molecule is Cc1ccc(NC(=O)NC(=O)COC(=O)c2n[nH]c(=O)c3ccccc23)cc1C. The monoisotopic (exact) mass is 394 g/mol. The maximum absolute atomic E-state index is 12.2. The number of hydrogen-bond acceptors (Lipinski definition) is 6. The molecule has 3 aromatic rings. The molecule has 3 N–H and O–H groups in total. The highest BCUT2D eigenvalue weighted by atomic mass is 16.5. The quantitative estimate of drug-likeness (QED) is 0.581. The van der Waals surface area contributed by atoms with Gasteiger partial charge in [-0.15, -0.1) is 0 Å². The lowest BCUT2D eigenvalue weighted by Gasteiger charge is -2.09. The topological polar surface area (TPSA) is 130 Å². The van der Waals surface area contributed by atoms with E-state index in [1.807, 2.05) is 19.9 Å². The summed E-state index contributed by atoms with van der Waals surface area (Å²) in [4.78, 5) is 47.8. The number of amides is 3. The summed E-state index contributed by atoms with van der Waals surface area (Å²) in [5, 5.41) is 11.1. The molecule has 0 fully saturated rings. The van der Waals surface area contributed by atoms with Gasteiger partial charge in [-0.05, 0) is 43.2 Å². The Balaban J connectivity index is 1.58. The Morgan fingerprint density at radius 3 is 2.48 bits per heavy atom. The second kappa shape index (κ2) is 8.34. The summed E-state index contributed by atoms with van der Waals surface area (Å²) < 4.78 is 4.91. The Hall–Kier alpha value is -4.01. The number of rotatable bonds is 4. The van der Waals surface area contributed by atoms with Crippen LogP contribution < -0.4 is 16.2 Å². The fraction of sp³-hybridized carbons (Fsp3) is 0.150. The second-order valence-electron chi connectivity index (χ2n) is 6.32. The van der Waals surface area contributed by atoms with Crippen LogP contribution in [0.5, 0.6) is 0 Å². The van der Waals surface area contributed by atoms with Gasteiger partial charge in [-0.3, -0.25) is 14.9 Å². The number of hydrogen-bond donors (Lipinski definition) is 3. The molecular weight excluding hydrogens is 376 g/mol. The van der Waals surface area contributed by atoms with Crippen LogP contribution >= 0.6 is 0 Å². The second-order valence-corrected chi connectivity index (χ2v) is 6.32. The zero-order valence-corrected chi connectivity index (χ0v) is 15.7. The largest absolute Gasteiger partial charge is 0.451 e. The number of fused-ring (bicyclic) bond motifs is 1. The molecule has 0 unspecified atom stereocenters. The molecule has 1 aromatic heterocycles. The summed E-state index contributed by atoms with van der Waals surface area (Å²) in [7, 11) is 0. The highest BCUT2D eigenvalue weighted by molar-refractivity contribution is 6.04. The normalized spacial score (nSPS) is 10.4. The van der Waals surface area contributed by atoms with Crippen LogP contribution in [0.1, 0.15) is 21.6 Å². The van der Waals surface area contributed by atoms with Gasteiger partial charge in [-0.1, -0.05) is 24.3 Å². The number of anilines is 1. The zero-order valence-electron chi connectivity index (χ0n) is 15.7. The minimum Gasteiger partial charge on any atom is -0.451 e. The van der Waals surface area contributed by atoms with E-state index < -0.39 is 30.1 Å². The van der Waals surface area contributed by atoms with Crippen molar-refractivity contribution in [2.45, 2.75) is 13.8 Å². The van der Waals surface area contributed by atoms with Crippen molar-refractivity contribution in [3.8, 4) is 0 Å². The van der Waals surface area contributed by atoms with Gasteiger partial charge in [0.05, 0.1) is 5.39 Å². The van der Waals surface area contributed by atoms with E-state index in [4.69, 9.17) is 4.74 Å². The van der Waals surface area contributed by atoms with Gasteiger partial charge in [0.1, 0.15) is 0 Å². The third kappa shape index (κ3) is 4.64. The van der Waals surface area contributed by atoms with Crippen molar-refractivity contribution in [3.63, 3.8) is 0 Å². The van der Waals surface area contributed by atoms with Gasteiger partial charge in [-0.25, -0.2) is 14.7 Å². The summed E-state index contributed by atoms with van der Waals surface area (Å²) in [6.45, 7) is 3.16. The number of esters is 1. The first-order valence-corrected chi connectivity index (χ1v) is 8.68. The Kier molecular flexibility index (Phi) is 5.68. The summed E-state index contributed by atoms with van der Waals surface area (Å²) in [5.74, 6) is -1.71. The standard InChI is InChI=1S/C20H18N4O5/c1-11-7-8-13(9-12(11)2)21-20(28)22-16(25)10-29-19(27)17-14-5-3-4-6-15(14)18(26)24-23-17/h3-9H,10H2,1-2H3,(H,24,26)(H2,21,22,25,28). The fourth-order valence-corrected chi connectivity index (χ4v) is 2.61. The Bertz CT molecular complexity index is 1170. The molecule has 2 aromatic carbocycles. The number of ether oxygens (including phenoxy) is 1. The number of urea groups is 1. The molecule has 0 saturated heterocycles. The van der Waals surface area contributed by atoms with Gasteiger partial charge in [0.2, 0.25) is 0 Å². The molecule has 9 heteroatoms. The molecule has 9 nitrogen and oxygen atoms in total. The van der Waals surface area contributed by atoms with E-state index in [1.54, 1.807) is 30.3 Å². The van der Waals surface area contributed by atoms with Crippen LogP contribution in [0.15, 0.2) is 47.3 Å². The predicted octanol–water partition coefficient (Wildman–Crippen LogP) is 2.05. The number of carbonyl (C=O) groups excluding carboxylic acids is 3. The Morgan fingerprint density at radius 2 is 1.76 bits per heavy atom. The maximum Gasteiger partial charge on any atom is 0.359 e. The van der Waals surface area contributed by atoms with Crippen LogP contribution in [0.4, 0.5) is 10.5 Å². The number of nitrogens with zero attached hydrogens (tertiary/aromatic N) is 1. The highest BCUT2D eigenvalue weighted by Gasteiger charge is 2.17. The van der Waals surface area contributed by atoms with E-state index in [1.165, 1.54) is 6.07 Å². The van der Waals surface area contributed by atoms with Crippen molar-refractivity contribution in [2.24, 2.45) is 0 Å². The number of nitrogens with one attached hydrogen (secondary N) is 3. The lowest BCUT2D eigenvalue weighted by Crippen LogP contribution is -2.37. The van der Waals surface area contributed by atoms with Crippen LogP contribution in [-0.2, 0) is 9.53 Å². The van der Waals surface area contributed by atoms with Crippen LogP contribution in [0.3, 0.4) is 0 Å². The molecule has 0 aliphatic heterocycles. The molecule has 3 rings (SSSR count). The Labute approximate surface area is 165 Å². The maximum atomic E-state index is 12.2. The van der Waals surface area contributed by atoms with Crippen molar-refractivity contribution in [1.29, 1.82) is 0 Å². The van der Waals surface area contributed by atoms with Gasteiger partial charge < -0.3 is 10.1 Å². The van der Waals surface area contributed by atoms with Crippen molar-refractivity contribution in [3.05, 3.63) is 69.6 Å². The molecule has 29 heavy (non-hydrogen) atoms. The molecule has 0 atom stereocenters. The number of H-pyrrole nitrogens is 1. The molecule has 0 aliphatic rings. The molecule has 3 amide bonds. The smallest absolute Gasteiger partial charge is 0.359 e. The number of carbonyl (C=O) groups is 3. The van der Waals surface area contributed by atoms with Crippen LogP contribution in [0, 0.1) is 13.8 Å². The molecular formula is C20H18N4O5. The zero-order chi connectivity index (χ0) is 21.0. The van der Waals surface area contributed by atoms with Crippen LogP contribution in [0.25, 0.3) is 10.8 Å². The first kappa shape index (κ1) is 19.7. The fourth-order valence-electron chi connectivity index (χ4n) is 2.61. The summed E-state index contributed by atoms with van der Waals surface area (Å²) in [6, 6.07) is 10.9. The first-order chi connectivity index (χ1) is 13.8. The van der Waals surface area contributed by atoms with E-state index in [0.29, 0.717) is 11.1 Å². The summed E-state index contributed by atoms with van der Waals surface area (Å²) in [6.07, 6.45) is 0. The van der Waals surface area contributed by atoms with E-state index in [9.17, 15) is 19.2 Å². The number of benzene rings is 2. The van der Waals surface area contributed by atoms with Crippen molar-refractivity contribution < 1.29 is 19.1 Å². The Morgan fingerprint density at radius 1 is 1.03 bits per heavy atom. The van der Waals surface area contributed by atoms with E-state index in [0.717, 1.165) is 11.1 Å². The number of aryl methyl sites for hydroxylation is 2. The molecule has 1 heterocycles. The predicted molar refractivity (Wildman–Crippen MR) is 106 cm³/mol. The van der Waals surface area contributed by atoms with Gasteiger partial charge in [0.25, 0.3) is 11.5 Å².